The van der Waals surface area contributed by atoms with Crippen molar-refractivity contribution in [2.45, 2.75) is 6.54 Å². The Morgan fingerprint density at radius 1 is 1.50 bits per heavy atom. The Bertz CT molecular complexity index is 485. The Balaban J connectivity index is 2.46. The minimum absolute atomic E-state index is 0.358. The van der Waals surface area contributed by atoms with E-state index in [-0.39, 0.29) is 5.69 Å². The number of rotatable bonds is 2. The summed E-state index contributed by atoms with van der Waals surface area (Å²) in [4.78, 5) is 14.4. The van der Waals surface area contributed by atoms with Crippen LogP contribution in [0.4, 0.5) is 0 Å². The van der Waals surface area contributed by atoms with Gasteiger partial charge in [0.15, 0.2) is 0 Å². The highest BCUT2D eigenvalue weighted by Crippen LogP contribution is 2.07. The molecule has 14 heavy (non-hydrogen) atoms. The molecule has 2 rings (SSSR count). The Morgan fingerprint density at radius 3 is 3.00 bits per heavy atom. The van der Waals surface area contributed by atoms with Crippen molar-refractivity contribution < 1.29 is 0 Å². The van der Waals surface area contributed by atoms with Crippen molar-refractivity contribution in [2.24, 2.45) is 5.73 Å². The molecule has 0 aliphatic carbocycles. The summed E-state index contributed by atoms with van der Waals surface area (Å²) in [6.07, 6.45) is 1.44. The first-order valence-electron chi connectivity index (χ1n) is 4.22. The van der Waals surface area contributed by atoms with E-state index in [9.17, 15) is 4.79 Å². The molecular formula is C9H10N4O. The first-order valence-corrected chi connectivity index (χ1v) is 4.22. The van der Waals surface area contributed by atoms with E-state index in [2.05, 4.69) is 10.1 Å². The summed E-state index contributed by atoms with van der Waals surface area (Å²) >= 11 is 0. The van der Waals surface area contributed by atoms with Crippen LogP contribution in [0.2, 0.25) is 0 Å². The number of nitrogens with one attached hydrogen (secondary N) is 1. The average molecular weight is 190 g/mol. The van der Waals surface area contributed by atoms with E-state index in [1.165, 1.54) is 6.33 Å². The maximum atomic E-state index is 10.8. The molecule has 0 amide bonds. The molecule has 5 nitrogen and oxygen atoms in total. The zero-order valence-corrected chi connectivity index (χ0v) is 7.47. The Labute approximate surface area is 80.2 Å². The van der Waals surface area contributed by atoms with Crippen LogP contribution in [-0.4, -0.2) is 14.8 Å². The number of hydrogen-bond donors (Lipinski definition) is 2. The Kier molecular flexibility index (Phi) is 2.16. The highest BCUT2D eigenvalue weighted by atomic mass is 16.1. The van der Waals surface area contributed by atoms with E-state index in [4.69, 9.17) is 5.73 Å². The third kappa shape index (κ3) is 1.57. The molecule has 1 aromatic heterocycles. The number of hydrogen-bond acceptors (Lipinski definition) is 3. The molecule has 0 atom stereocenters. The first kappa shape index (κ1) is 8.71. The lowest BCUT2D eigenvalue weighted by atomic mass is 10.2. The molecule has 0 aliphatic rings. The van der Waals surface area contributed by atoms with Crippen molar-refractivity contribution in [1.82, 2.24) is 14.8 Å². The van der Waals surface area contributed by atoms with Gasteiger partial charge in [0.05, 0.1) is 5.69 Å². The number of nitrogens with two attached hydrogens (primary N) is 1. The number of benzene rings is 1. The normalized spacial score (nSPS) is 10.4. The van der Waals surface area contributed by atoms with Crippen molar-refractivity contribution in [3.63, 3.8) is 0 Å². The molecule has 0 fully saturated rings. The third-order valence-corrected chi connectivity index (χ3v) is 1.93. The fourth-order valence-electron chi connectivity index (χ4n) is 1.24. The van der Waals surface area contributed by atoms with Crippen LogP contribution in [0.1, 0.15) is 5.56 Å². The summed E-state index contributed by atoms with van der Waals surface area (Å²) < 4.78 is 1.56. The van der Waals surface area contributed by atoms with Gasteiger partial charge in [0.2, 0.25) is 0 Å². The maximum absolute atomic E-state index is 10.8. The summed E-state index contributed by atoms with van der Waals surface area (Å²) in [5, 5.41) is 2.55. The van der Waals surface area contributed by atoms with E-state index in [1.54, 1.807) is 4.68 Å². The fourth-order valence-corrected chi connectivity index (χ4v) is 1.24. The monoisotopic (exact) mass is 190 g/mol. The van der Waals surface area contributed by atoms with Gasteiger partial charge in [-0.2, -0.15) is 4.98 Å². The van der Waals surface area contributed by atoms with Crippen molar-refractivity contribution in [2.75, 3.05) is 0 Å². The number of H-pyrrole nitrogens is 1. The SMILES string of the molecule is NCc1cccc(-n2cnc(=O)[nH]2)c1. The number of aromatic nitrogens is 3. The van der Waals surface area contributed by atoms with Gasteiger partial charge in [0.25, 0.3) is 0 Å². The quantitative estimate of drug-likeness (QED) is 0.700. The van der Waals surface area contributed by atoms with Crippen LogP contribution in [0.15, 0.2) is 35.4 Å². The molecule has 0 unspecified atom stereocenters. The van der Waals surface area contributed by atoms with E-state index < -0.39 is 0 Å². The van der Waals surface area contributed by atoms with Crippen LogP contribution in [0.25, 0.3) is 5.69 Å². The fraction of sp³-hybridized carbons (Fsp3) is 0.111. The molecule has 0 aliphatic heterocycles. The second kappa shape index (κ2) is 3.47. The Hall–Kier alpha value is -1.88. The molecule has 0 radical (unpaired) electrons. The number of aromatic amines is 1. The molecule has 0 bridgehead atoms. The second-order valence-electron chi connectivity index (χ2n) is 2.91. The summed E-state index contributed by atoms with van der Waals surface area (Å²) in [6, 6.07) is 7.59. The molecule has 72 valence electrons. The first-order chi connectivity index (χ1) is 6.79. The average Bonchev–Trinajstić information content (AvgIpc) is 2.65. The van der Waals surface area contributed by atoms with Crippen molar-refractivity contribution >= 4 is 0 Å². The van der Waals surface area contributed by atoms with E-state index >= 15 is 0 Å². The van der Waals surface area contributed by atoms with Gasteiger partial charge in [-0.1, -0.05) is 12.1 Å². The lowest BCUT2D eigenvalue weighted by molar-refractivity contribution is 0.860. The molecule has 0 spiro atoms. The topological polar surface area (TPSA) is 76.7 Å². The van der Waals surface area contributed by atoms with Gasteiger partial charge in [-0.15, -0.1) is 0 Å². The van der Waals surface area contributed by atoms with Gasteiger partial charge in [-0.05, 0) is 17.7 Å². The molecular weight excluding hydrogens is 180 g/mol. The van der Waals surface area contributed by atoms with Gasteiger partial charge >= 0.3 is 5.69 Å². The lowest BCUT2D eigenvalue weighted by Gasteiger charge is -2.02. The van der Waals surface area contributed by atoms with Gasteiger partial charge < -0.3 is 5.73 Å². The van der Waals surface area contributed by atoms with Gasteiger partial charge in [-0.3, -0.25) is 0 Å². The van der Waals surface area contributed by atoms with Crippen LogP contribution in [0, 0.1) is 0 Å². The smallest absolute Gasteiger partial charge is 0.326 e. The minimum atomic E-state index is -0.358. The Morgan fingerprint density at radius 2 is 2.36 bits per heavy atom. The lowest BCUT2D eigenvalue weighted by Crippen LogP contribution is -2.05. The summed E-state index contributed by atoms with van der Waals surface area (Å²) in [7, 11) is 0. The molecule has 0 saturated heterocycles. The molecule has 1 aromatic carbocycles. The van der Waals surface area contributed by atoms with Crippen LogP contribution in [-0.2, 0) is 6.54 Å². The van der Waals surface area contributed by atoms with Crippen LogP contribution < -0.4 is 11.4 Å². The predicted molar refractivity (Wildman–Crippen MR) is 52.1 cm³/mol. The van der Waals surface area contributed by atoms with Crippen LogP contribution >= 0.6 is 0 Å². The van der Waals surface area contributed by atoms with Gasteiger partial charge in [0, 0.05) is 6.54 Å². The summed E-state index contributed by atoms with van der Waals surface area (Å²) in [6.45, 7) is 0.479. The van der Waals surface area contributed by atoms with E-state index in [0.29, 0.717) is 6.54 Å². The second-order valence-corrected chi connectivity index (χ2v) is 2.91. The molecule has 0 saturated carbocycles. The molecule has 5 heteroatoms. The van der Waals surface area contributed by atoms with Crippen LogP contribution in [0.3, 0.4) is 0 Å². The number of nitrogens with zero attached hydrogens (tertiary/aromatic N) is 2. The van der Waals surface area contributed by atoms with Crippen molar-refractivity contribution in [3.05, 3.63) is 46.6 Å². The van der Waals surface area contributed by atoms with Crippen molar-refractivity contribution in [3.8, 4) is 5.69 Å². The predicted octanol–water partition coefficient (Wildman–Crippen LogP) is 0.0193. The largest absolute Gasteiger partial charge is 0.361 e. The summed E-state index contributed by atoms with van der Waals surface area (Å²) in [5.41, 5.74) is 7.01. The zero-order chi connectivity index (χ0) is 9.97. The maximum Gasteiger partial charge on any atom is 0.361 e. The van der Waals surface area contributed by atoms with Crippen molar-refractivity contribution in [1.29, 1.82) is 0 Å². The van der Waals surface area contributed by atoms with Gasteiger partial charge in [-0.25, -0.2) is 14.6 Å². The molecule has 1 heterocycles. The zero-order valence-electron chi connectivity index (χ0n) is 7.47. The third-order valence-electron chi connectivity index (χ3n) is 1.93. The van der Waals surface area contributed by atoms with E-state index in [1.807, 2.05) is 24.3 Å². The highest BCUT2D eigenvalue weighted by Gasteiger charge is 1.97. The van der Waals surface area contributed by atoms with Gasteiger partial charge in [0.1, 0.15) is 6.33 Å². The molecule has 2 aromatic rings. The standard InChI is InChI=1S/C9H10N4O/c10-5-7-2-1-3-8(4-7)13-6-11-9(14)12-13/h1-4,6H,5,10H2,(H,12,14). The highest BCUT2D eigenvalue weighted by molar-refractivity contribution is 5.34. The van der Waals surface area contributed by atoms with Crippen LogP contribution in [0.5, 0.6) is 0 Å². The minimum Gasteiger partial charge on any atom is -0.326 e. The van der Waals surface area contributed by atoms with E-state index in [0.717, 1.165) is 11.3 Å². The molecule has 3 N–H and O–H groups in total. The summed E-state index contributed by atoms with van der Waals surface area (Å²) in [5.74, 6) is 0.